The molecule has 3 nitrogen and oxygen atoms in total. The number of thiazole rings is 1. The van der Waals surface area contributed by atoms with Gasteiger partial charge in [0.15, 0.2) is 5.13 Å². The summed E-state index contributed by atoms with van der Waals surface area (Å²) in [7, 11) is 0. The van der Waals surface area contributed by atoms with Gasteiger partial charge in [-0.2, -0.15) is 0 Å². The Kier molecular flexibility index (Phi) is 5.78. The number of nitrogens with one attached hydrogen (secondary N) is 1. The molecule has 0 atom stereocenters. The number of thiophene rings is 1. The lowest BCUT2D eigenvalue weighted by atomic mass is 10.2. The molecule has 0 fully saturated rings. The van der Waals surface area contributed by atoms with E-state index in [4.69, 9.17) is 17.2 Å². The van der Waals surface area contributed by atoms with Gasteiger partial charge in [0.1, 0.15) is 16.5 Å². The molecule has 0 amide bonds. The lowest BCUT2D eigenvalue weighted by Gasteiger charge is -2.16. The summed E-state index contributed by atoms with van der Waals surface area (Å²) in [4.78, 5) is 9.42. The summed E-state index contributed by atoms with van der Waals surface area (Å²) >= 11 is 8.74. The zero-order valence-electron chi connectivity index (χ0n) is 14.0. The molecule has 0 spiro atoms. The fourth-order valence-electron chi connectivity index (χ4n) is 2.41. The summed E-state index contributed by atoms with van der Waals surface area (Å²) in [5.41, 5.74) is 1.23. The Labute approximate surface area is 160 Å². The largest absolute Gasteiger partial charge is 0.349 e. The third-order valence-corrected chi connectivity index (χ3v) is 6.18. The molecule has 0 aliphatic carbocycles. The van der Waals surface area contributed by atoms with E-state index in [1.165, 1.54) is 6.07 Å². The Morgan fingerprint density at radius 1 is 1.20 bits per heavy atom. The molecule has 2 aromatic heterocycles. The number of benzene rings is 1. The predicted molar refractivity (Wildman–Crippen MR) is 111 cm³/mol. The van der Waals surface area contributed by atoms with Crippen molar-refractivity contribution in [3.63, 3.8) is 0 Å². The van der Waals surface area contributed by atoms with Gasteiger partial charge in [0.25, 0.3) is 0 Å². The highest BCUT2D eigenvalue weighted by molar-refractivity contribution is 7.81. The van der Waals surface area contributed by atoms with Crippen LogP contribution in [0.1, 0.15) is 18.7 Å². The van der Waals surface area contributed by atoms with Gasteiger partial charge in [0.2, 0.25) is 0 Å². The van der Waals surface area contributed by atoms with Crippen LogP contribution in [0.25, 0.3) is 10.6 Å². The van der Waals surface area contributed by atoms with Crippen molar-refractivity contribution in [1.82, 2.24) is 4.98 Å². The maximum Gasteiger partial charge on any atom is 0.186 e. The van der Waals surface area contributed by atoms with Crippen LogP contribution in [-0.4, -0.2) is 23.1 Å². The molecule has 3 rings (SSSR count). The zero-order valence-corrected chi connectivity index (χ0v) is 16.4. The van der Waals surface area contributed by atoms with Gasteiger partial charge in [-0.15, -0.1) is 11.3 Å². The van der Waals surface area contributed by atoms with E-state index >= 15 is 0 Å². The quantitative estimate of drug-likeness (QED) is 0.550. The molecule has 0 saturated heterocycles. The van der Waals surface area contributed by atoms with E-state index in [2.05, 4.69) is 24.1 Å². The Morgan fingerprint density at radius 2 is 1.96 bits per heavy atom. The Bertz CT molecular complexity index is 854. The maximum atomic E-state index is 13.9. The van der Waals surface area contributed by atoms with E-state index in [1.807, 2.05) is 17.5 Å². The molecular weight excluding hydrogens is 373 g/mol. The average molecular weight is 392 g/mol. The van der Waals surface area contributed by atoms with Crippen molar-refractivity contribution in [3.8, 4) is 10.6 Å². The monoisotopic (exact) mass is 391 g/mol. The minimum atomic E-state index is -0.323. The molecule has 25 heavy (non-hydrogen) atoms. The molecule has 7 heteroatoms. The van der Waals surface area contributed by atoms with Crippen LogP contribution in [0.4, 0.5) is 15.2 Å². The van der Waals surface area contributed by atoms with Gasteiger partial charge in [-0.1, -0.05) is 41.8 Å². The van der Waals surface area contributed by atoms with Crippen LogP contribution in [0.15, 0.2) is 41.8 Å². The van der Waals surface area contributed by atoms with Crippen LogP contribution in [0, 0.1) is 5.82 Å². The highest BCUT2D eigenvalue weighted by Crippen LogP contribution is 2.36. The number of rotatable bonds is 6. The van der Waals surface area contributed by atoms with Crippen molar-refractivity contribution >= 4 is 50.7 Å². The maximum absolute atomic E-state index is 13.9. The number of hydrogen-bond acceptors (Lipinski definition) is 5. The van der Waals surface area contributed by atoms with Crippen molar-refractivity contribution < 1.29 is 4.39 Å². The smallest absolute Gasteiger partial charge is 0.186 e. The molecule has 130 valence electrons. The van der Waals surface area contributed by atoms with E-state index in [1.54, 1.807) is 40.9 Å². The molecule has 0 aliphatic rings. The summed E-state index contributed by atoms with van der Waals surface area (Å²) in [6, 6.07) is 10.6. The van der Waals surface area contributed by atoms with Crippen molar-refractivity contribution in [2.75, 3.05) is 23.3 Å². The number of thiocarbonyl (C=S) groups is 1. The lowest BCUT2D eigenvalue weighted by Crippen LogP contribution is -2.21. The minimum absolute atomic E-state index is 0.323. The van der Waals surface area contributed by atoms with Crippen LogP contribution in [0.3, 0.4) is 0 Å². The SMILES string of the molecule is CCN(CC)c1nc(-c2cccs2)c(C(=S)Nc2ccccc2F)s1. The molecule has 0 aliphatic heterocycles. The predicted octanol–water partition coefficient (Wildman–Crippen LogP) is 5.64. The van der Waals surface area contributed by atoms with Crippen molar-refractivity contribution in [3.05, 3.63) is 52.5 Å². The standard InChI is InChI=1S/C18H18FN3S3/c1-3-22(4-2)18-21-15(14-10-7-11-24-14)16(25-18)17(23)20-13-9-6-5-8-12(13)19/h5-11H,3-4H2,1-2H3,(H,20,23). The van der Waals surface area contributed by atoms with Gasteiger partial charge in [0, 0.05) is 13.1 Å². The van der Waals surface area contributed by atoms with Crippen molar-refractivity contribution in [2.24, 2.45) is 0 Å². The summed E-state index contributed by atoms with van der Waals surface area (Å²) in [6.07, 6.45) is 0. The molecule has 0 bridgehead atoms. The topological polar surface area (TPSA) is 28.2 Å². The Balaban J connectivity index is 1.98. The first-order chi connectivity index (χ1) is 12.1. The molecule has 1 N–H and O–H groups in total. The van der Waals surface area contributed by atoms with E-state index in [0.717, 1.165) is 33.7 Å². The normalized spacial score (nSPS) is 10.7. The molecule has 0 radical (unpaired) electrons. The van der Waals surface area contributed by atoms with E-state index in [-0.39, 0.29) is 5.82 Å². The second-order valence-corrected chi connectivity index (χ2v) is 7.59. The minimum Gasteiger partial charge on any atom is -0.349 e. The zero-order chi connectivity index (χ0) is 17.8. The van der Waals surface area contributed by atoms with Crippen LogP contribution >= 0.6 is 34.9 Å². The highest BCUT2D eigenvalue weighted by Gasteiger charge is 2.20. The summed E-state index contributed by atoms with van der Waals surface area (Å²) in [6.45, 7) is 5.96. The van der Waals surface area contributed by atoms with Crippen molar-refractivity contribution in [2.45, 2.75) is 13.8 Å². The molecule has 1 aromatic carbocycles. The number of anilines is 2. The fraction of sp³-hybridized carbons (Fsp3) is 0.222. The molecule has 0 unspecified atom stereocenters. The number of nitrogens with zero attached hydrogens (tertiary/aromatic N) is 2. The molecular formula is C18H18FN3S3. The van der Waals surface area contributed by atoms with Crippen LogP contribution in [0.2, 0.25) is 0 Å². The summed E-state index contributed by atoms with van der Waals surface area (Å²) in [5, 5.41) is 5.98. The Morgan fingerprint density at radius 3 is 2.60 bits per heavy atom. The summed E-state index contributed by atoms with van der Waals surface area (Å²) < 4.78 is 13.9. The molecule has 0 saturated carbocycles. The first kappa shape index (κ1) is 18.0. The third kappa shape index (κ3) is 3.89. The molecule has 2 heterocycles. The fourth-order valence-corrected chi connectivity index (χ4v) is 4.63. The van der Waals surface area contributed by atoms with E-state index < -0.39 is 0 Å². The van der Waals surface area contributed by atoms with Gasteiger partial charge >= 0.3 is 0 Å². The lowest BCUT2D eigenvalue weighted by molar-refractivity contribution is 0.632. The number of halogens is 1. The second kappa shape index (κ2) is 8.03. The first-order valence-corrected chi connectivity index (χ1v) is 10.1. The van der Waals surface area contributed by atoms with Crippen LogP contribution in [0.5, 0.6) is 0 Å². The first-order valence-electron chi connectivity index (χ1n) is 7.99. The Hall–Kier alpha value is -1.83. The van der Waals surface area contributed by atoms with Gasteiger partial charge < -0.3 is 10.2 Å². The average Bonchev–Trinajstić information content (AvgIpc) is 3.27. The third-order valence-electron chi connectivity index (χ3n) is 3.73. The number of para-hydroxylation sites is 1. The summed E-state index contributed by atoms with van der Waals surface area (Å²) in [5.74, 6) is -0.323. The second-order valence-electron chi connectivity index (χ2n) is 5.26. The number of aromatic nitrogens is 1. The van der Waals surface area contributed by atoms with Crippen LogP contribution in [-0.2, 0) is 0 Å². The number of hydrogen-bond donors (Lipinski definition) is 1. The van der Waals surface area contributed by atoms with Gasteiger partial charge in [-0.25, -0.2) is 9.37 Å². The van der Waals surface area contributed by atoms with Gasteiger partial charge in [-0.05, 0) is 37.4 Å². The van der Waals surface area contributed by atoms with Crippen molar-refractivity contribution in [1.29, 1.82) is 0 Å². The molecule has 3 aromatic rings. The van der Waals surface area contributed by atoms with E-state index in [0.29, 0.717) is 10.7 Å². The van der Waals surface area contributed by atoms with Crippen LogP contribution < -0.4 is 10.2 Å². The van der Waals surface area contributed by atoms with Gasteiger partial charge in [-0.3, -0.25) is 0 Å². The highest BCUT2D eigenvalue weighted by atomic mass is 32.1. The van der Waals surface area contributed by atoms with Gasteiger partial charge in [0.05, 0.1) is 15.4 Å². The van der Waals surface area contributed by atoms with E-state index in [9.17, 15) is 4.39 Å².